The minimum Gasteiger partial charge on any atom is -0.452 e. The second-order valence-corrected chi connectivity index (χ2v) is 4.11. The molecule has 1 aromatic rings. The number of benzene rings is 1. The summed E-state index contributed by atoms with van der Waals surface area (Å²) in [5.74, 6) is -0.426. The molecule has 1 amide bonds. The summed E-state index contributed by atoms with van der Waals surface area (Å²) in [6, 6.07) is 8.36. The highest BCUT2D eigenvalue weighted by atomic mass is 16.6. The predicted octanol–water partition coefficient (Wildman–Crippen LogP) is 1.90. The Morgan fingerprint density at radius 2 is 2.21 bits per heavy atom. The Kier molecular flexibility index (Phi) is 4.18. The van der Waals surface area contributed by atoms with Crippen molar-refractivity contribution >= 4 is 12.1 Å². The van der Waals surface area contributed by atoms with E-state index in [1.807, 2.05) is 13.0 Å². The smallest absolute Gasteiger partial charge is 0.407 e. The number of amides is 1. The van der Waals surface area contributed by atoms with E-state index in [1.165, 1.54) is 0 Å². The summed E-state index contributed by atoms with van der Waals surface area (Å²) in [4.78, 5) is 23.0. The molecule has 1 saturated heterocycles. The number of rotatable bonds is 4. The van der Waals surface area contributed by atoms with Crippen LogP contribution in [0.2, 0.25) is 0 Å². The van der Waals surface area contributed by atoms with Gasteiger partial charge in [-0.2, -0.15) is 0 Å². The predicted molar refractivity (Wildman–Crippen MR) is 68.7 cm³/mol. The summed E-state index contributed by atoms with van der Waals surface area (Å²) < 4.78 is 10.2. The highest BCUT2D eigenvalue weighted by molar-refractivity contribution is 5.89. The van der Waals surface area contributed by atoms with Gasteiger partial charge >= 0.3 is 12.1 Å². The molecule has 5 nitrogen and oxygen atoms in total. The maximum Gasteiger partial charge on any atom is 0.407 e. The second kappa shape index (κ2) is 6.04. The van der Waals surface area contributed by atoms with Crippen LogP contribution in [0.1, 0.15) is 17.3 Å². The minimum atomic E-state index is -0.538. The van der Waals surface area contributed by atoms with Crippen LogP contribution in [-0.4, -0.2) is 30.8 Å². The number of allylic oxidation sites excluding steroid dienone is 1. The fraction of sp³-hybridized carbons (Fsp3) is 0.286. The number of carbonyl (C=O) groups excluding carboxylic acids is 2. The summed E-state index contributed by atoms with van der Waals surface area (Å²) >= 11 is 0. The molecule has 1 aliphatic rings. The van der Waals surface area contributed by atoms with E-state index in [9.17, 15) is 9.59 Å². The van der Waals surface area contributed by atoms with Gasteiger partial charge in [0.05, 0.1) is 5.56 Å². The van der Waals surface area contributed by atoms with Crippen LogP contribution in [0.25, 0.3) is 0 Å². The third-order valence-electron chi connectivity index (χ3n) is 2.73. The summed E-state index contributed by atoms with van der Waals surface area (Å²) in [5.41, 5.74) is 0.474. The van der Waals surface area contributed by atoms with E-state index in [4.69, 9.17) is 9.47 Å². The van der Waals surface area contributed by atoms with Gasteiger partial charge in [-0.15, -0.1) is 0 Å². The van der Waals surface area contributed by atoms with E-state index in [0.717, 1.165) is 0 Å². The van der Waals surface area contributed by atoms with Gasteiger partial charge in [0.2, 0.25) is 0 Å². The van der Waals surface area contributed by atoms with Crippen LogP contribution in [0.15, 0.2) is 42.5 Å². The Bertz CT molecular complexity index is 483. The van der Waals surface area contributed by atoms with Gasteiger partial charge in [0.25, 0.3) is 0 Å². The number of nitrogens with one attached hydrogen (secondary N) is 1. The van der Waals surface area contributed by atoms with Crippen molar-refractivity contribution in [1.29, 1.82) is 0 Å². The third kappa shape index (κ3) is 3.34. The first-order chi connectivity index (χ1) is 9.20. The second-order valence-electron chi connectivity index (χ2n) is 4.11. The molecule has 0 radical (unpaired) electrons. The molecule has 0 aliphatic carbocycles. The molecule has 1 fully saturated rings. The van der Waals surface area contributed by atoms with Crippen molar-refractivity contribution in [2.45, 2.75) is 19.1 Å². The third-order valence-corrected chi connectivity index (χ3v) is 2.73. The highest BCUT2D eigenvalue weighted by Crippen LogP contribution is 2.11. The Hall–Kier alpha value is -2.30. The van der Waals surface area contributed by atoms with Crippen LogP contribution in [0.5, 0.6) is 0 Å². The van der Waals surface area contributed by atoms with Gasteiger partial charge in [-0.1, -0.05) is 24.3 Å². The Morgan fingerprint density at radius 3 is 2.79 bits per heavy atom. The molecule has 2 atom stereocenters. The molecule has 1 aliphatic heterocycles. The maximum atomic E-state index is 12.0. The van der Waals surface area contributed by atoms with Crippen molar-refractivity contribution in [2.75, 3.05) is 6.61 Å². The molecular formula is C14H15NO4. The van der Waals surface area contributed by atoms with Crippen LogP contribution in [0.4, 0.5) is 4.79 Å². The molecule has 1 N–H and O–H groups in total. The summed E-state index contributed by atoms with van der Waals surface area (Å²) in [6.45, 7) is 2.01. The van der Waals surface area contributed by atoms with Crippen LogP contribution in [0.3, 0.4) is 0 Å². The highest BCUT2D eigenvalue weighted by Gasteiger charge is 2.31. The van der Waals surface area contributed by atoms with Crippen molar-refractivity contribution in [3.05, 3.63) is 48.0 Å². The van der Waals surface area contributed by atoms with Crippen LogP contribution < -0.4 is 5.32 Å². The van der Waals surface area contributed by atoms with Gasteiger partial charge in [-0.05, 0) is 25.1 Å². The van der Waals surface area contributed by atoms with Crippen molar-refractivity contribution in [3.63, 3.8) is 0 Å². The molecule has 0 spiro atoms. The lowest BCUT2D eigenvalue weighted by molar-refractivity contribution is 0.0326. The van der Waals surface area contributed by atoms with Crippen molar-refractivity contribution < 1.29 is 19.1 Å². The normalized spacial score (nSPS) is 19.8. The lowest BCUT2D eigenvalue weighted by Crippen LogP contribution is -2.39. The first-order valence-corrected chi connectivity index (χ1v) is 6.03. The average molecular weight is 261 g/mol. The average Bonchev–Trinajstić information content (AvgIpc) is 2.86. The standard InChI is InChI=1S/C14H15NO4/c1-2-6-12(11-9-18-14(17)15-11)19-13(16)10-7-4-3-5-8-10/h2-8,11-12H,9H2,1H3,(H,15,17)/b6-2+/t11-,12+/m1/s1. The van der Waals surface area contributed by atoms with Gasteiger partial charge in [-0.25, -0.2) is 9.59 Å². The van der Waals surface area contributed by atoms with E-state index in [-0.39, 0.29) is 12.6 Å². The van der Waals surface area contributed by atoms with Gasteiger partial charge < -0.3 is 14.8 Å². The zero-order valence-corrected chi connectivity index (χ0v) is 10.5. The number of ether oxygens (including phenoxy) is 2. The molecule has 0 aromatic heterocycles. The number of esters is 1. The van der Waals surface area contributed by atoms with E-state index in [2.05, 4.69) is 5.32 Å². The molecule has 1 aromatic carbocycles. The van der Waals surface area contributed by atoms with Gasteiger partial charge in [-0.3, -0.25) is 0 Å². The van der Waals surface area contributed by atoms with Crippen LogP contribution >= 0.6 is 0 Å². The fourth-order valence-corrected chi connectivity index (χ4v) is 1.79. The Labute approximate surface area is 111 Å². The molecular weight excluding hydrogens is 246 g/mol. The van der Waals surface area contributed by atoms with Crippen LogP contribution in [0, 0.1) is 0 Å². The van der Waals surface area contributed by atoms with Crippen molar-refractivity contribution in [2.24, 2.45) is 0 Å². The Morgan fingerprint density at radius 1 is 1.47 bits per heavy atom. The minimum absolute atomic E-state index is 0.190. The molecule has 5 heteroatoms. The monoisotopic (exact) mass is 261 g/mol. The van der Waals surface area contributed by atoms with Crippen LogP contribution in [-0.2, 0) is 9.47 Å². The molecule has 0 bridgehead atoms. The molecule has 0 unspecified atom stereocenters. The molecule has 2 rings (SSSR count). The van der Waals surface area contributed by atoms with E-state index in [0.29, 0.717) is 5.56 Å². The van der Waals surface area contributed by atoms with E-state index < -0.39 is 18.2 Å². The first kappa shape index (κ1) is 13.1. The van der Waals surface area contributed by atoms with Crippen molar-refractivity contribution in [1.82, 2.24) is 5.32 Å². The zero-order valence-electron chi connectivity index (χ0n) is 10.5. The van der Waals surface area contributed by atoms with Gasteiger partial charge in [0.1, 0.15) is 18.8 Å². The maximum absolute atomic E-state index is 12.0. The van der Waals surface area contributed by atoms with Crippen molar-refractivity contribution in [3.8, 4) is 0 Å². The summed E-state index contributed by atoms with van der Waals surface area (Å²) in [7, 11) is 0. The lowest BCUT2D eigenvalue weighted by Gasteiger charge is -2.18. The summed E-state index contributed by atoms with van der Waals surface area (Å²) in [5, 5.41) is 2.61. The Balaban J connectivity index is 2.05. The lowest BCUT2D eigenvalue weighted by atomic mass is 10.1. The number of cyclic esters (lactones) is 1. The molecule has 100 valence electrons. The summed E-state index contributed by atoms with van der Waals surface area (Å²) in [6.07, 6.45) is 2.47. The zero-order chi connectivity index (χ0) is 13.7. The van der Waals surface area contributed by atoms with E-state index in [1.54, 1.807) is 36.4 Å². The first-order valence-electron chi connectivity index (χ1n) is 6.03. The fourth-order valence-electron chi connectivity index (χ4n) is 1.79. The SMILES string of the molecule is C/C=C/[C@H](OC(=O)c1ccccc1)[C@H]1COC(=O)N1. The topological polar surface area (TPSA) is 64.6 Å². The molecule has 0 saturated carbocycles. The number of alkyl carbamates (subject to hydrolysis) is 1. The largest absolute Gasteiger partial charge is 0.452 e. The van der Waals surface area contributed by atoms with Gasteiger partial charge in [0, 0.05) is 0 Å². The molecule has 19 heavy (non-hydrogen) atoms. The number of hydrogen-bond donors (Lipinski definition) is 1. The number of carbonyl (C=O) groups is 2. The number of hydrogen-bond acceptors (Lipinski definition) is 4. The van der Waals surface area contributed by atoms with E-state index >= 15 is 0 Å². The molecule has 1 heterocycles. The van der Waals surface area contributed by atoms with Gasteiger partial charge in [0.15, 0.2) is 0 Å². The quantitative estimate of drug-likeness (QED) is 0.664.